The maximum absolute atomic E-state index is 12.2. The molecule has 3 rings (SSSR count). The zero-order chi connectivity index (χ0) is 21.5. The number of hydrazone groups is 1. The van der Waals surface area contributed by atoms with E-state index in [2.05, 4.69) is 49.0 Å². The number of nitrogens with one attached hydrogen (secondary N) is 1. The van der Waals surface area contributed by atoms with Gasteiger partial charge in [0.1, 0.15) is 6.61 Å². The summed E-state index contributed by atoms with van der Waals surface area (Å²) < 4.78 is 13.0. The first-order valence-corrected chi connectivity index (χ1v) is 11.1. The number of amides is 1. The van der Waals surface area contributed by atoms with Gasteiger partial charge in [0, 0.05) is 19.7 Å². The van der Waals surface area contributed by atoms with E-state index in [-0.39, 0.29) is 5.91 Å². The molecule has 1 N–H and O–H groups in total. The van der Waals surface area contributed by atoms with Gasteiger partial charge in [-0.05, 0) is 80.5 Å². The number of ether oxygens (including phenoxy) is 2. The van der Waals surface area contributed by atoms with Gasteiger partial charge in [-0.25, -0.2) is 5.43 Å². The predicted molar refractivity (Wildman–Crippen MR) is 131 cm³/mol. The highest BCUT2D eigenvalue weighted by Crippen LogP contribution is 2.37. The fourth-order valence-corrected chi connectivity index (χ4v) is 3.89. The second-order valence-corrected chi connectivity index (χ2v) is 8.63. The van der Waals surface area contributed by atoms with Crippen molar-refractivity contribution in [2.24, 2.45) is 5.10 Å². The van der Waals surface area contributed by atoms with Gasteiger partial charge in [-0.1, -0.05) is 35.9 Å². The fourth-order valence-electron chi connectivity index (χ4n) is 2.58. The Morgan fingerprint density at radius 2 is 2.00 bits per heavy atom. The van der Waals surface area contributed by atoms with Gasteiger partial charge in [-0.3, -0.25) is 4.79 Å². The van der Waals surface area contributed by atoms with Crippen LogP contribution in [0.25, 0.3) is 0 Å². The Morgan fingerprint density at radius 1 is 1.20 bits per heavy atom. The molecular weight excluding hydrogens is 583 g/mol. The van der Waals surface area contributed by atoms with E-state index < -0.39 is 0 Å². The summed E-state index contributed by atoms with van der Waals surface area (Å²) in [5.74, 6) is 0.801. The highest BCUT2D eigenvalue weighted by atomic mass is 127. The van der Waals surface area contributed by atoms with Crippen LogP contribution in [0.15, 0.2) is 70.2 Å². The molecule has 3 aromatic carbocycles. The number of hydrogen-bond donors (Lipinski definition) is 1. The topological polar surface area (TPSA) is 59.9 Å². The van der Waals surface area contributed by atoms with Gasteiger partial charge >= 0.3 is 0 Å². The van der Waals surface area contributed by atoms with E-state index in [1.165, 1.54) is 6.21 Å². The lowest BCUT2D eigenvalue weighted by molar-refractivity contribution is 0.0955. The molecule has 0 spiro atoms. The molecule has 0 saturated carbocycles. The SMILES string of the molecule is COc1cc(/C=N\NC(=O)c2cccc(I)c2)cc(Br)c1OCc1ccccc1Cl. The monoisotopic (exact) mass is 598 g/mol. The molecule has 0 saturated heterocycles. The molecule has 0 aliphatic heterocycles. The number of carbonyl (C=O) groups is 1. The summed E-state index contributed by atoms with van der Waals surface area (Å²) in [4.78, 5) is 12.2. The van der Waals surface area contributed by atoms with Crippen LogP contribution in [0.5, 0.6) is 11.5 Å². The van der Waals surface area contributed by atoms with E-state index in [4.69, 9.17) is 21.1 Å². The maximum Gasteiger partial charge on any atom is 0.271 e. The predicted octanol–water partition coefficient (Wildman–Crippen LogP) is 6.06. The van der Waals surface area contributed by atoms with Gasteiger partial charge in [0.25, 0.3) is 5.91 Å². The molecule has 30 heavy (non-hydrogen) atoms. The number of rotatable bonds is 7. The average molecular weight is 600 g/mol. The Morgan fingerprint density at radius 3 is 2.73 bits per heavy atom. The van der Waals surface area contributed by atoms with Crippen LogP contribution < -0.4 is 14.9 Å². The summed E-state index contributed by atoms with van der Waals surface area (Å²) in [6, 6.07) is 18.3. The van der Waals surface area contributed by atoms with E-state index in [0.29, 0.717) is 33.2 Å². The zero-order valence-electron chi connectivity index (χ0n) is 15.9. The lowest BCUT2D eigenvalue weighted by Crippen LogP contribution is -2.17. The van der Waals surface area contributed by atoms with Gasteiger partial charge in [0.15, 0.2) is 11.5 Å². The van der Waals surface area contributed by atoms with Crippen molar-refractivity contribution >= 4 is 62.2 Å². The van der Waals surface area contributed by atoms with Crippen LogP contribution in [0.2, 0.25) is 5.02 Å². The first-order chi connectivity index (χ1) is 14.5. The van der Waals surface area contributed by atoms with Gasteiger partial charge in [-0.2, -0.15) is 5.10 Å². The molecule has 0 radical (unpaired) electrons. The minimum Gasteiger partial charge on any atom is -0.493 e. The van der Waals surface area contributed by atoms with Crippen molar-refractivity contribution < 1.29 is 14.3 Å². The molecule has 0 aliphatic rings. The molecule has 154 valence electrons. The third-order valence-corrected chi connectivity index (χ3v) is 5.68. The highest BCUT2D eigenvalue weighted by molar-refractivity contribution is 14.1. The van der Waals surface area contributed by atoms with Crippen molar-refractivity contribution in [1.82, 2.24) is 5.43 Å². The Bertz CT molecular complexity index is 1090. The molecule has 0 aromatic heterocycles. The fraction of sp³-hybridized carbons (Fsp3) is 0.0909. The number of methoxy groups -OCH3 is 1. The van der Waals surface area contributed by atoms with Crippen molar-refractivity contribution in [2.45, 2.75) is 6.61 Å². The van der Waals surface area contributed by atoms with Crippen LogP contribution in [0.1, 0.15) is 21.5 Å². The number of hydrogen-bond acceptors (Lipinski definition) is 4. The van der Waals surface area contributed by atoms with E-state index >= 15 is 0 Å². The molecule has 0 heterocycles. The lowest BCUT2D eigenvalue weighted by Gasteiger charge is -2.14. The van der Waals surface area contributed by atoms with E-state index in [0.717, 1.165) is 14.7 Å². The summed E-state index contributed by atoms with van der Waals surface area (Å²) in [6.45, 7) is 0.300. The van der Waals surface area contributed by atoms with Crippen LogP contribution in [0, 0.1) is 3.57 Å². The van der Waals surface area contributed by atoms with Crippen molar-refractivity contribution in [3.8, 4) is 11.5 Å². The lowest BCUT2D eigenvalue weighted by atomic mass is 10.2. The number of halogens is 3. The number of carbonyl (C=O) groups excluding carboxylic acids is 1. The molecule has 1 amide bonds. The first kappa shape index (κ1) is 22.6. The third kappa shape index (κ3) is 5.96. The zero-order valence-corrected chi connectivity index (χ0v) is 20.4. The Balaban J connectivity index is 1.71. The largest absolute Gasteiger partial charge is 0.493 e. The summed E-state index contributed by atoms with van der Waals surface area (Å²) >= 11 is 11.9. The van der Waals surface area contributed by atoms with E-state index in [1.54, 1.807) is 25.3 Å². The van der Waals surface area contributed by atoms with Crippen molar-refractivity contribution in [3.63, 3.8) is 0 Å². The summed E-state index contributed by atoms with van der Waals surface area (Å²) in [5, 5.41) is 4.68. The Hall–Kier alpha value is -2.10. The normalized spacial score (nSPS) is 10.8. The van der Waals surface area contributed by atoms with Gasteiger partial charge in [-0.15, -0.1) is 0 Å². The van der Waals surface area contributed by atoms with Crippen LogP contribution in [-0.2, 0) is 6.61 Å². The van der Waals surface area contributed by atoms with E-state index in [9.17, 15) is 4.79 Å². The Kier molecular flexibility index (Phi) is 8.12. The molecule has 0 fully saturated rings. The summed E-state index contributed by atoms with van der Waals surface area (Å²) in [7, 11) is 1.56. The molecule has 3 aromatic rings. The molecule has 0 bridgehead atoms. The molecule has 8 heteroatoms. The first-order valence-electron chi connectivity index (χ1n) is 8.80. The van der Waals surface area contributed by atoms with E-state index in [1.807, 2.05) is 42.5 Å². The van der Waals surface area contributed by atoms with Gasteiger partial charge < -0.3 is 9.47 Å². The minimum atomic E-state index is -0.282. The molecule has 0 unspecified atom stereocenters. The molecule has 5 nitrogen and oxygen atoms in total. The van der Waals surface area contributed by atoms with Crippen molar-refractivity contribution in [2.75, 3.05) is 7.11 Å². The van der Waals surface area contributed by atoms with Gasteiger partial charge in [0.2, 0.25) is 0 Å². The van der Waals surface area contributed by atoms with Crippen LogP contribution in [0.3, 0.4) is 0 Å². The second-order valence-electron chi connectivity index (χ2n) is 6.12. The highest BCUT2D eigenvalue weighted by Gasteiger charge is 2.12. The minimum absolute atomic E-state index is 0.282. The van der Waals surface area contributed by atoms with Crippen LogP contribution in [0.4, 0.5) is 0 Å². The smallest absolute Gasteiger partial charge is 0.271 e. The third-order valence-electron chi connectivity index (χ3n) is 4.05. The van der Waals surface area contributed by atoms with Crippen molar-refractivity contribution in [1.29, 1.82) is 0 Å². The number of benzene rings is 3. The van der Waals surface area contributed by atoms with Crippen molar-refractivity contribution in [3.05, 3.63) is 90.4 Å². The van der Waals surface area contributed by atoms with Crippen LogP contribution in [-0.4, -0.2) is 19.2 Å². The molecular formula is C22H17BrClIN2O3. The molecule has 0 aliphatic carbocycles. The van der Waals surface area contributed by atoms with Crippen LogP contribution >= 0.6 is 50.1 Å². The summed E-state index contributed by atoms with van der Waals surface area (Å²) in [5.41, 5.74) is 4.67. The molecule has 0 atom stereocenters. The standard InChI is InChI=1S/C22H17BrClIN2O3/c1-29-20-10-14(12-26-27-22(28)15-6-4-7-17(25)11-15)9-18(23)21(20)30-13-16-5-2-3-8-19(16)24/h2-12H,13H2,1H3,(H,27,28)/b26-12-. The quantitative estimate of drug-likeness (QED) is 0.204. The summed E-state index contributed by atoms with van der Waals surface area (Å²) in [6.07, 6.45) is 1.54. The maximum atomic E-state index is 12.2. The Labute approximate surface area is 201 Å². The average Bonchev–Trinajstić information content (AvgIpc) is 2.73. The second kappa shape index (κ2) is 10.8. The van der Waals surface area contributed by atoms with Gasteiger partial charge in [0.05, 0.1) is 17.8 Å². The number of nitrogens with zero attached hydrogens (tertiary/aromatic N) is 1.